The van der Waals surface area contributed by atoms with Gasteiger partial charge in [0.25, 0.3) is 5.91 Å². The van der Waals surface area contributed by atoms with Crippen molar-refractivity contribution in [2.45, 2.75) is 52.0 Å². The lowest BCUT2D eigenvalue weighted by Crippen LogP contribution is -2.40. The summed E-state index contributed by atoms with van der Waals surface area (Å²) >= 11 is 9.54. The Bertz CT molecular complexity index is 498. The molecule has 116 valence electrons. The summed E-state index contributed by atoms with van der Waals surface area (Å²) in [6.07, 6.45) is 5.75. The van der Waals surface area contributed by atoms with Gasteiger partial charge in [0.1, 0.15) is 0 Å². The lowest BCUT2D eigenvalue weighted by Gasteiger charge is -2.30. The number of carbonyl (C=O) groups excluding carboxylic acids is 1. The van der Waals surface area contributed by atoms with Crippen LogP contribution in [0.1, 0.15) is 56.3 Å². The third-order valence-electron chi connectivity index (χ3n) is 4.13. The summed E-state index contributed by atoms with van der Waals surface area (Å²) in [5.41, 5.74) is 0.679. The zero-order valence-corrected chi connectivity index (χ0v) is 15.1. The minimum Gasteiger partial charge on any atom is -0.336 e. The van der Waals surface area contributed by atoms with Crippen LogP contribution >= 0.6 is 27.5 Å². The monoisotopic (exact) mass is 371 g/mol. The Morgan fingerprint density at radius 2 is 2.05 bits per heavy atom. The van der Waals surface area contributed by atoms with Crippen molar-refractivity contribution in [3.05, 3.63) is 33.3 Å². The summed E-state index contributed by atoms with van der Waals surface area (Å²) in [6, 6.07) is 5.81. The van der Waals surface area contributed by atoms with Crippen LogP contribution < -0.4 is 0 Å². The minimum absolute atomic E-state index is 0.108. The second-order valence-corrected chi connectivity index (χ2v) is 7.53. The maximum Gasteiger partial charge on any atom is 0.255 e. The van der Waals surface area contributed by atoms with Gasteiger partial charge in [0.2, 0.25) is 0 Å². The Morgan fingerprint density at radius 1 is 1.38 bits per heavy atom. The van der Waals surface area contributed by atoms with Gasteiger partial charge in [0, 0.05) is 22.1 Å². The van der Waals surface area contributed by atoms with Gasteiger partial charge in [-0.3, -0.25) is 4.79 Å². The largest absolute Gasteiger partial charge is 0.336 e. The molecule has 0 spiro atoms. The number of benzene rings is 1. The van der Waals surface area contributed by atoms with Crippen LogP contribution in [-0.2, 0) is 0 Å². The van der Waals surface area contributed by atoms with Crippen molar-refractivity contribution in [3.63, 3.8) is 0 Å². The van der Waals surface area contributed by atoms with E-state index in [2.05, 4.69) is 34.7 Å². The van der Waals surface area contributed by atoms with Gasteiger partial charge in [-0.15, -0.1) is 0 Å². The fourth-order valence-electron chi connectivity index (χ4n) is 2.88. The number of amides is 1. The molecule has 0 N–H and O–H groups in total. The van der Waals surface area contributed by atoms with Crippen LogP contribution in [0.3, 0.4) is 0 Å². The zero-order chi connectivity index (χ0) is 15.4. The molecule has 1 amide bonds. The number of hydrogen-bond donors (Lipinski definition) is 0. The maximum atomic E-state index is 13.0. The average molecular weight is 373 g/mol. The SMILES string of the molecule is CC(C)CCN(C(=O)c1cc(Cl)ccc1Br)C1CCCC1. The molecule has 1 aliphatic rings. The van der Waals surface area contributed by atoms with E-state index in [0.717, 1.165) is 30.3 Å². The number of carbonyl (C=O) groups is 1. The van der Waals surface area contributed by atoms with Gasteiger partial charge in [-0.1, -0.05) is 38.3 Å². The molecule has 2 rings (SSSR count). The molecule has 0 aliphatic heterocycles. The van der Waals surface area contributed by atoms with Gasteiger partial charge in [-0.2, -0.15) is 0 Å². The third-order valence-corrected chi connectivity index (χ3v) is 5.06. The zero-order valence-electron chi connectivity index (χ0n) is 12.7. The van der Waals surface area contributed by atoms with E-state index in [-0.39, 0.29) is 5.91 Å². The molecule has 0 saturated heterocycles. The highest BCUT2D eigenvalue weighted by Gasteiger charge is 2.28. The second kappa shape index (κ2) is 7.64. The van der Waals surface area contributed by atoms with E-state index in [9.17, 15) is 4.79 Å². The average Bonchev–Trinajstić information content (AvgIpc) is 2.95. The molecule has 1 fully saturated rings. The van der Waals surface area contributed by atoms with E-state index < -0.39 is 0 Å². The predicted molar refractivity (Wildman–Crippen MR) is 91.9 cm³/mol. The van der Waals surface area contributed by atoms with E-state index in [1.165, 1.54) is 12.8 Å². The quantitative estimate of drug-likeness (QED) is 0.665. The molecule has 4 heteroatoms. The molecular formula is C17H23BrClNO. The highest BCUT2D eigenvalue weighted by atomic mass is 79.9. The summed E-state index contributed by atoms with van der Waals surface area (Å²) in [5, 5.41) is 0.608. The summed E-state index contributed by atoms with van der Waals surface area (Å²) in [6.45, 7) is 5.24. The number of nitrogens with zero attached hydrogens (tertiary/aromatic N) is 1. The van der Waals surface area contributed by atoms with Crippen LogP contribution in [0.2, 0.25) is 5.02 Å². The first-order valence-electron chi connectivity index (χ1n) is 7.75. The van der Waals surface area contributed by atoms with Crippen molar-refractivity contribution in [1.82, 2.24) is 4.90 Å². The highest BCUT2D eigenvalue weighted by molar-refractivity contribution is 9.10. The molecule has 1 aromatic rings. The fraction of sp³-hybridized carbons (Fsp3) is 0.588. The lowest BCUT2D eigenvalue weighted by atomic mass is 10.1. The molecule has 0 aromatic heterocycles. The van der Waals surface area contributed by atoms with E-state index in [0.29, 0.717) is 22.5 Å². The minimum atomic E-state index is 0.108. The third kappa shape index (κ3) is 4.46. The molecule has 21 heavy (non-hydrogen) atoms. The van der Waals surface area contributed by atoms with Crippen molar-refractivity contribution >= 4 is 33.4 Å². The van der Waals surface area contributed by atoms with Crippen LogP contribution in [0.4, 0.5) is 0 Å². The van der Waals surface area contributed by atoms with E-state index in [4.69, 9.17) is 11.6 Å². The molecule has 0 atom stereocenters. The molecule has 0 heterocycles. The maximum absolute atomic E-state index is 13.0. The number of rotatable bonds is 5. The summed E-state index contributed by atoms with van der Waals surface area (Å²) in [7, 11) is 0. The number of hydrogen-bond acceptors (Lipinski definition) is 1. The molecule has 1 aliphatic carbocycles. The molecule has 0 unspecified atom stereocenters. The topological polar surface area (TPSA) is 20.3 Å². The number of halogens is 2. The van der Waals surface area contributed by atoms with E-state index in [1.54, 1.807) is 12.1 Å². The van der Waals surface area contributed by atoms with Crippen LogP contribution in [0.5, 0.6) is 0 Å². The molecule has 1 saturated carbocycles. The Labute approximate surface area is 141 Å². The van der Waals surface area contributed by atoms with Gasteiger partial charge in [-0.25, -0.2) is 0 Å². The lowest BCUT2D eigenvalue weighted by molar-refractivity contribution is 0.0671. The molecule has 0 radical (unpaired) electrons. The smallest absolute Gasteiger partial charge is 0.255 e. The highest BCUT2D eigenvalue weighted by Crippen LogP contribution is 2.28. The van der Waals surface area contributed by atoms with Crippen LogP contribution in [0.15, 0.2) is 22.7 Å². The molecule has 2 nitrogen and oxygen atoms in total. The van der Waals surface area contributed by atoms with E-state index >= 15 is 0 Å². The van der Waals surface area contributed by atoms with Crippen LogP contribution in [-0.4, -0.2) is 23.4 Å². The second-order valence-electron chi connectivity index (χ2n) is 6.24. The standard InChI is InChI=1S/C17H23BrClNO/c1-12(2)9-10-20(14-5-3-4-6-14)17(21)15-11-13(19)7-8-16(15)18/h7-8,11-12,14H,3-6,9-10H2,1-2H3. The predicted octanol–water partition coefficient (Wildman–Crippen LogP) is 5.53. The normalized spacial score (nSPS) is 15.7. The Balaban J connectivity index is 2.21. The van der Waals surface area contributed by atoms with Crippen molar-refractivity contribution < 1.29 is 4.79 Å². The Kier molecular flexibility index (Phi) is 6.12. The van der Waals surface area contributed by atoms with Gasteiger partial charge < -0.3 is 4.90 Å². The van der Waals surface area contributed by atoms with Gasteiger partial charge in [-0.05, 0) is 59.3 Å². The van der Waals surface area contributed by atoms with Gasteiger partial charge >= 0.3 is 0 Å². The molecule has 1 aromatic carbocycles. The first kappa shape index (κ1) is 16.8. The first-order chi connectivity index (χ1) is 9.99. The van der Waals surface area contributed by atoms with Crippen molar-refractivity contribution in [2.75, 3.05) is 6.54 Å². The Morgan fingerprint density at radius 3 is 2.67 bits per heavy atom. The van der Waals surface area contributed by atoms with Crippen molar-refractivity contribution in [3.8, 4) is 0 Å². The summed E-state index contributed by atoms with van der Waals surface area (Å²) < 4.78 is 0.824. The summed E-state index contributed by atoms with van der Waals surface area (Å²) in [4.78, 5) is 15.0. The Hall–Kier alpha value is -0.540. The van der Waals surface area contributed by atoms with Gasteiger partial charge in [0.15, 0.2) is 0 Å². The van der Waals surface area contributed by atoms with E-state index in [1.807, 2.05) is 6.07 Å². The van der Waals surface area contributed by atoms with Crippen LogP contribution in [0.25, 0.3) is 0 Å². The molecular weight excluding hydrogens is 350 g/mol. The summed E-state index contributed by atoms with van der Waals surface area (Å²) in [5.74, 6) is 0.710. The van der Waals surface area contributed by atoms with Crippen molar-refractivity contribution in [1.29, 1.82) is 0 Å². The van der Waals surface area contributed by atoms with Crippen molar-refractivity contribution in [2.24, 2.45) is 5.92 Å². The fourth-order valence-corrected chi connectivity index (χ4v) is 3.47. The van der Waals surface area contributed by atoms with Crippen LogP contribution in [0, 0.1) is 5.92 Å². The van der Waals surface area contributed by atoms with Gasteiger partial charge in [0.05, 0.1) is 5.56 Å². The first-order valence-corrected chi connectivity index (χ1v) is 8.92. The molecule has 0 bridgehead atoms.